The van der Waals surface area contributed by atoms with Gasteiger partial charge in [0, 0.05) is 0 Å². The smallest absolute Gasteiger partial charge is 0.105 e. The molecule has 3 heteroatoms. The molecule has 0 aromatic carbocycles. The summed E-state index contributed by atoms with van der Waals surface area (Å²) in [6, 6.07) is 0. The fourth-order valence-electron chi connectivity index (χ4n) is 0.0408. The van der Waals surface area contributed by atoms with Crippen LogP contribution in [0.3, 0.4) is 0 Å². The third kappa shape index (κ3) is 3.88. The summed E-state index contributed by atoms with van der Waals surface area (Å²) in [6.07, 6.45) is 0. The molecule has 0 amide bonds. The number of aliphatic hydroxyl groups is 1. The minimum Gasteiger partial charge on any atom is -0.394 e. The average molecular weight is 78.1 g/mol. The van der Waals surface area contributed by atoms with E-state index in [2.05, 4.69) is 4.89 Å². The summed E-state index contributed by atoms with van der Waals surface area (Å²) in [5.74, 6) is 0. The van der Waals surface area contributed by atoms with Crippen molar-refractivity contribution in [1.29, 1.82) is 0 Å². The Balaban J connectivity index is 2.19. The molecule has 0 spiro atoms. The lowest BCUT2D eigenvalue weighted by molar-refractivity contribution is -0.246. The minimum atomic E-state index is -0.128. The molecule has 0 fully saturated rings. The Morgan fingerprint density at radius 3 is 2.20 bits per heavy atom. The molecule has 0 radical (unpaired) electrons. The van der Waals surface area contributed by atoms with Gasteiger partial charge in [-0.1, -0.05) is 0 Å². The zero-order chi connectivity index (χ0) is 4.12. The predicted molar refractivity (Wildman–Crippen MR) is 15.7 cm³/mol. The van der Waals surface area contributed by atoms with Crippen molar-refractivity contribution < 1.29 is 15.3 Å². The quantitative estimate of drug-likeness (QED) is 0.345. The molecule has 0 saturated heterocycles. The van der Waals surface area contributed by atoms with E-state index in [0.29, 0.717) is 0 Å². The van der Waals surface area contributed by atoms with Crippen molar-refractivity contribution in [3.8, 4) is 0 Å². The van der Waals surface area contributed by atoms with Gasteiger partial charge in [0.2, 0.25) is 0 Å². The molecule has 2 N–H and O–H groups in total. The molecule has 0 unspecified atom stereocenters. The van der Waals surface area contributed by atoms with Gasteiger partial charge in [0.05, 0.1) is 6.61 Å². The molecule has 0 bridgehead atoms. The number of hydrogen-bond donors (Lipinski definition) is 2. The average Bonchev–Trinajstić information content (AvgIpc) is 1.41. The standard InChI is InChI=1S/C2H6O3/c3-1-2-5-4/h3-4H,1-2H2. The van der Waals surface area contributed by atoms with Gasteiger partial charge >= 0.3 is 0 Å². The highest BCUT2D eigenvalue weighted by atomic mass is 17.1. The Kier molecular flexibility index (Phi) is 3.79. The third-order valence-electron chi connectivity index (χ3n) is 0.183. The molecular weight excluding hydrogens is 72.0 g/mol. The largest absolute Gasteiger partial charge is 0.394 e. The van der Waals surface area contributed by atoms with Crippen LogP contribution in [0.5, 0.6) is 0 Å². The second kappa shape index (κ2) is 3.88. The zero-order valence-corrected chi connectivity index (χ0v) is 2.72. The predicted octanol–water partition coefficient (Wildman–Crippen LogP) is -0.532. The Labute approximate surface area is 29.7 Å². The maximum atomic E-state index is 7.78. The summed E-state index contributed by atoms with van der Waals surface area (Å²) in [5.41, 5.74) is 0. The molecule has 0 aliphatic carbocycles. The van der Waals surface area contributed by atoms with Crippen molar-refractivity contribution in [2.45, 2.75) is 0 Å². The van der Waals surface area contributed by atoms with Gasteiger partial charge in [-0.05, 0) is 0 Å². The van der Waals surface area contributed by atoms with Crippen LogP contribution < -0.4 is 0 Å². The molecule has 5 heavy (non-hydrogen) atoms. The maximum absolute atomic E-state index is 7.78. The summed E-state index contributed by atoms with van der Waals surface area (Å²) in [4.78, 5) is 3.44. The van der Waals surface area contributed by atoms with Crippen LogP contribution in [0.1, 0.15) is 0 Å². The van der Waals surface area contributed by atoms with Gasteiger partial charge in [-0.25, -0.2) is 4.89 Å². The van der Waals surface area contributed by atoms with Gasteiger partial charge in [0.1, 0.15) is 6.61 Å². The highest BCUT2D eigenvalue weighted by Crippen LogP contribution is 1.55. The van der Waals surface area contributed by atoms with Crippen LogP contribution >= 0.6 is 0 Å². The van der Waals surface area contributed by atoms with E-state index < -0.39 is 0 Å². The first-order valence-electron chi connectivity index (χ1n) is 1.29. The van der Waals surface area contributed by atoms with Crippen molar-refractivity contribution >= 4 is 0 Å². The lowest BCUT2D eigenvalue weighted by Crippen LogP contribution is -1.92. The Morgan fingerprint density at radius 1 is 1.60 bits per heavy atom. The monoisotopic (exact) mass is 78.0 g/mol. The minimum absolute atomic E-state index is 0. The highest BCUT2D eigenvalue weighted by Gasteiger charge is 1.69. The van der Waals surface area contributed by atoms with E-state index in [1.807, 2.05) is 0 Å². The van der Waals surface area contributed by atoms with Gasteiger partial charge < -0.3 is 5.11 Å². The third-order valence-corrected chi connectivity index (χ3v) is 0.183. The SMILES string of the molecule is OCCOO. The Hall–Kier alpha value is -0.120. The first-order valence-corrected chi connectivity index (χ1v) is 1.29. The Morgan fingerprint density at radius 2 is 2.20 bits per heavy atom. The lowest BCUT2D eigenvalue weighted by Gasteiger charge is -1.81. The highest BCUT2D eigenvalue weighted by molar-refractivity contribution is 4.09. The van der Waals surface area contributed by atoms with Crippen LogP contribution in [0.2, 0.25) is 0 Å². The van der Waals surface area contributed by atoms with E-state index in [1.165, 1.54) is 0 Å². The van der Waals surface area contributed by atoms with Gasteiger partial charge in [0.15, 0.2) is 0 Å². The summed E-state index contributed by atoms with van der Waals surface area (Å²) in [5, 5.41) is 15.2. The second-order valence-corrected chi connectivity index (χ2v) is 0.557. The molecule has 3 nitrogen and oxygen atoms in total. The van der Waals surface area contributed by atoms with Gasteiger partial charge in [-0.2, -0.15) is 0 Å². The second-order valence-electron chi connectivity index (χ2n) is 0.557. The van der Waals surface area contributed by atoms with E-state index in [-0.39, 0.29) is 13.2 Å². The first-order chi connectivity index (χ1) is 2.41. The van der Waals surface area contributed by atoms with Crippen LogP contribution in [0.15, 0.2) is 0 Å². The molecule has 0 saturated carbocycles. The molecule has 0 aliphatic heterocycles. The van der Waals surface area contributed by atoms with Crippen molar-refractivity contribution in [1.82, 2.24) is 0 Å². The van der Waals surface area contributed by atoms with Crippen LogP contribution in [0, 0.1) is 0 Å². The fraction of sp³-hybridized carbons (Fsp3) is 1.00. The van der Waals surface area contributed by atoms with E-state index in [9.17, 15) is 0 Å². The molecule has 0 aromatic heterocycles. The lowest BCUT2D eigenvalue weighted by atomic mass is 10.8. The van der Waals surface area contributed by atoms with Crippen LogP contribution in [0.25, 0.3) is 0 Å². The number of rotatable bonds is 2. The molecular formula is C2H6O3. The molecule has 0 aromatic rings. The summed E-state index contributed by atoms with van der Waals surface area (Å²) in [7, 11) is 0. The van der Waals surface area contributed by atoms with Crippen molar-refractivity contribution in [3.05, 3.63) is 0 Å². The van der Waals surface area contributed by atoms with Crippen molar-refractivity contribution in [2.75, 3.05) is 13.2 Å². The zero-order valence-electron chi connectivity index (χ0n) is 2.72. The normalized spacial score (nSPS) is 8.40. The van der Waals surface area contributed by atoms with E-state index >= 15 is 0 Å². The van der Waals surface area contributed by atoms with Gasteiger partial charge in [-0.3, -0.25) is 5.26 Å². The van der Waals surface area contributed by atoms with Gasteiger partial charge in [0.25, 0.3) is 0 Å². The summed E-state index contributed by atoms with van der Waals surface area (Å²) < 4.78 is 0. The van der Waals surface area contributed by atoms with Gasteiger partial charge in [-0.15, -0.1) is 0 Å². The maximum Gasteiger partial charge on any atom is 0.105 e. The van der Waals surface area contributed by atoms with E-state index in [0.717, 1.165) is 0 Å². The molecule has 0 aliphatic rings. The van der Waals surface area contributed by atoms with Crippen LogP contribution in [-0.2, 0) is 4.89 Å². The van der Waals surface area contributed by atoms with Crippen molar-refractivity contribution in [2.24, 2.45) is 0 Å². The summed E-state index contributed by atoms with van der Waals surface area (Å²) >= 11 is 0. The molecule has 0 atom stereocenters. The van der Waals surface area contributed by atoms with E-state index in [1.54, 1.807) is 0 Å². The van der Waals surface area contributed by atoms with Crippen molar-refractivity contribution in [3.63, 3.8) is 0 Å². The topological polar surface area (TPSA) is 49.7 Å². The molecule has 0 heterocycles. The van der Waals surface area contributed by atoms with Crippen LogP contribution in [-0.4, -0.2) is 23.6 Å². The first kappa shape index (κ1) is 4.88. The van der Waals surface area contributed by atoms with E-state index in [4.69, 9.17) is 10.4 Å². The summed E-state index contributed by atoms with van der Waals surface area (Å²) in [6.45, 7) is -0.128. The number of hydrogen-bond acceptors (Lipinski definition) is 3. The molecule has 0 rings (SSSR count). The fourth-order valence-corrected chi connectivity index (χ4v) is 0.0408. The number of aliphatic hydroxyl groups excluding tert-OH is 1. The Bertz CT molecular complexity index is 12.4. The molecule has 32 valence electrons. The van der Waals surface area contributed by atoms with Crippen LogP contribution in [0.4, 0.5) is 0 Å².